The summed E-state index contributed by atoms with van der Waals surface area (Å²) in [5, 5.41) is 8.53. The van der Waals surface area contributed by atoms with Crippen LogP contribution in [0.1, 0.15) is 27.1 Å². The second-order valence-electron chi connectivity index (χ2n) is 3.87. The molecule has 0 aliphatic carbocycles. The van der Waals surface area contributed by atoms with E-state index in [1.165, 1.54) is 17.3 Å². The fourth-order valence-electron chi connectivity index (χ4n) is 1.83. The number of carbonyl (C=O) groups excluding carboxylic acids is 2. The van der Waals surface area contributed by atoms with Crippen LogP contribution in [0.25, 0.3) is 0 Å². The maximum atomic E-state index is 11.9. The predicted molar refractivity (Wildman–Crippen MR) is 62.1 cm³/mol. The molecule has 1 aliphatic rings. The van der Waals surface area contributed by atoms with E-state index in [4.69, 9.17) is 9.84 Å². The molecule has 0 radical (unpaired) electrons. The Kier molecular flexibility index (Phi) is 4.01. The van der Waals surface area contributed by atoms with E-state index in [-0.39, 0.29) is 25.0 Å². The van der Waals surface area contributed by atoms with E-state index >= 15 is 0 Å². The largest absolute Gasteiger partial charge is 0.394 e. The quantitative estimate of drug-likeness (QED) is 0.571. The van der Waals surface area contributed by atoms with Crippen molar-refractivity contribution in [3.8, 4) is 0 Å². The van der Waals surface area contributed by atoms with Crippen molar-refractivity contribution >= 4 is 11.8 Å². The Balaban J connectivity index is 1.93. The Morgan fingerprint density at radius 3 is 2.72 bits per heavy atom. The van der Waals surface area contributed by atoms with Gasteiger partial charge in [-0.2, -0.15) is 0 Å². The summed E-state index contributed by atoms with van der Waals surface area (Å²) in [7, 11) is 0. The summed E-state index contributed by atoms with van der Waals surface area (Å²) in [6.45, 7) is 0.967. The van der Waals surface area contributed by atoms with Gasteiger partial charge in [-0.15, -0.1) is 0 Å². The molecule has 6 heteroatoms. The summed E-state index contributed by atoms with van der Waals surface area (Å²) in [6, 6.07) is 1.55. The molecule has 1 N–H and O–H groups in total. The van der Waals surface area contributed by atoms with Crippen molar-refractivity contribution in [3.63, 3.8) is 0 Å². The second-order valence-corrected chi connectivity index (χ2v) is 3.87. The lowest BCUT2D eigenvalue weighted by Gasteiger charge is -2.13. The standard InChI is InChI=1S/C12H14N2O4/c15-5-7-18-6-1-4-14-11(16)9-2-3-13-8-10(9)12(14)17/h2-3,8,15H,1,4-7H2. The molecular formula is C12H14N2O4. The summed E-state index contributed by atoms with van der Waals surface area (Å²) < 4.78 is 5.08. The maximum Gasteiger partial charge on any atom is 0.263 e. The molecule has 0 atom stereocenters. The van der Waals surface area contributed by atoms with Gasteiger partial charge in [0, 0.05) is 25.5 Å². The summed E-state index contributed by atoms with van der Waals surface area (Å²) in [5.74, 6) is -0.579. The number of aromatic nitrogens is 1. The van der Waals surface area contributed by atoms with E-state index in [1.54, 1.807) is 6.07 Å². The molecule has 0 bridgehead atoms. The van der Waals surface area contributed by atoms with Crippen molar-refractivity contribution in [1.29, 1.82) is 0 Å². The van der Waals surface area contributed by atoms with Gasteiger partial charge in [-0.25, -0.2) is 0 Å². The average molecular weight is 250 g/mol. The van der Waals surface area contributed by atoms with Crippen molar-refractivity contribution in [2.75, 3.05) is 26.4 Å². The molecule has 1 aromatic rings. The van der Waals surface area contributed by atoms with Gasteiger partial charge in [0.05, 0.1) is 24.3 Å². The molecule has 96 valence electrons. The molecule has 2 rings (SSSR count). The number of aliphatic hydroxyl groups is 1. The lowest BCUT2D eigenvalue weighted by atomic mass is 10.2. The number of rotatable bonds is 6. The first-order chi connectivity index (χ1) is 8.75. The molecule has 2 heterocycles. The van der Waals surface area contributed by atoms with Gasteiger partial charge in [-0.05, 0) is 12.5 Å². The molecule has 0 saturated heterocycles. The Hall–Kier alpha value is -1.79. The molecule has 0 saturated carbocycles. The van der Waals surface area contributed by atoms with Crippen LogP contribution < -0.4 is 0 Å². The van der Waals surface area contributed by atoms with E-state index in [9.17, 15) is 9.59 Å². The number of hydrogen-bond acceptors (Lipinski definition) is 5. The van der Waals surface area contributed by atoms with Crippen LogP contribution in [0.5, 0.6) is 0 Å². The number of pyridine rings is 1. The highest BCUT2D eigenvalue weighted by atomic mass is 16.5. The first kappa shape index (κ1) is 12.7. The van der Waals surface area contributed by atoms with E-state index in [0.717, 1.165) is 0 Å². The number of ether oxygens (including phenoxy) is 1. The van der Waals surface area contributed by atoms with Gasteiger partial charge in [0.2, 0.25) is 0 Å². The SMILES string of the molecule is O=C1c2ccncc2C(=O)N1CCCOCCO. The number of carbonyl (C=O) groups is 2. The Morgan fingerprint density at radius 2 is 2.00 bits per heavy atom. The zero-order valence-electron chi connectivity index (χ0n) is 9.83. The minimum Gasteiger partial charge on any atom is -0.394 e. The maximum absolute atomic E-state index is 11.9. The third-order valence-corrected chi connectivity index (χ3v) is 2.68. The van der Waals surface area contributed by atoms with E-state index in [1.807, 2.05) is 0 Å². The number of fused-ring (bicyclic) bond motifs is 1. The van der Waals surface area contributed by atoms with E-state index in [0.29, 0.717) is 30.7 Å². The fraction of sp³-hybridized carbons (Fsp3) is 0.417. The van der Waals surface area contributed by atoms with Gasteiger partial charge < -0.3 is 9.84 Å². The fourth-order valence-corrected chi connectivity index (χ4v) is 1.83. The molecule has 0 aromatic carbocycles. The van der Waals surface area contributed by atoms with E-state index in [2.05, 4.69) is 4.98 Å². The number of amides is 2. The van der Waals surface area contributed by atoms with Crippen LogP contribution in [-0.2, 0) is 4.74 Å². The molecule has 0 spiro atoms. The van der Waals surface area contributed by atoms with Crippen LogP contribution in [0, 0.1) is 0 Å². The van der Waals surface area contributed by atoms with E-state index < -0.39 is 0 Å². The van der Waals surface area contributed by atoms with Crippen molar-refractivity contribution in [2.24, 2.45) is 0 Å². The first-order valence-electron chi connectivity index (χ1n) is 5.74. The third kappa shape index (κ3) is 2.39. The van der Waals surface area contributed by atoms with Crippen LogP contribution in [0.15, 0.2) is 18.5 Å². The summed E-state index contributed by atoms with van der Waals surface area (Å²) in [4.78, 5) is 28.9. The van der Waals surface area contributed by atoms with Crippen LogP contribution in [-0.4, -0.2) is 53.2 Å². The molecule has 6 nitrogen and oxygen atoms in total. The van der Waals surface area contributed by atoms with Gasteiger partial charge >= 0.3 is 0 Å². The molecule has 0 unspecified atom stereocenters. The molecule has 1 aromatic heterocycles. The molecule has 18 heavy (non-hydrogen) atoms. The lowest BCUT2D eigenvalue weighted by molar-refractivity contribution is 0.0601. The zero-order chi connectivity index (χ0) is 13.0. The number of imide groups is 1. The highest BCUT2D eigenvalue weighted by molar-refractivity contribution is 6.21. The van der Waals surface area contributed by atoms with Crippen molar-refractivity contribution in [1.82, 2.24) is 9.88 Å². The van der Waals surface area contributed by atoms with Crippen LogP contribution in [0.3, 0.4) is 0 Å². The zero-order valence-corrected chi connectivity index (χ0v) is 9.83. The normalized spacial score (nSPS) is 14.2. The minimum atomic E-state index is -0.301. The van der Waals surface area contributed by atoms with Crippen molar-refractivity contribution < 1.29 is 19.4 Å². The van der Waals surface area contributed by atoms with Gasteiger partial charge in [0.1, 0.15) is 0 Å². The monoisotopic (exact) mass is 250 g/mol. The Labute approximate surface area is 104 Å². The summed E-state index contributed by atoms with van der Waals surface area (Å²) in [5.41, 5.74) is 0.769. The van der Waals surface area contributed by atoms with Crippen molar-refractivity contribution in [3.05, 3.63) is 29.6 Å². The first-order valence-corrected chi connectivity index (χ1v) is 5.74. The average Bonchev–Trinajstić information content (AvgIpc) is 2.64. The number of nitrogens with zero attached hydrogens (tertiary/aromatic N) is 2. The topological polar surface area (TPSA) is 79.7 Å². The van der Waals surface area contributed by atoms with Crippen LogP contribution >= 0.6 is 0 Å². The molecule has 1 aliphatic heterocycles. The van der Waals surface area contributed by atoms with Crippen LogP contribution in [0.2, 0.25) is 0 Å². The highest BCUT2D eigenvalue weighted by Crippen LogP contribution is 2.21. The Bertz CT molecular complexity index is 426. The molecular weight excluding hydrogens is 236 g/mol. The van der Waals surface area contributed by atoms with Gasteiger partial charge in [0.15, 0.2) is 0 Å². The smallest absolute Gasteiger partial charge is 0.263 e. The molecule has 2 amide bonds. The number of hydrogen-bond donors (Lipinski definition) is 1. The predicted octanol–water partition coefficient (Wildman–Crippen LogP) is 0.0766. The van der Waals surface area contributed by atoms with Crippen molar-refractivity contribution in [2.45, 2.75) is 6.42 Å². The number of aliphatic hydroxyl groups excluding tert-OH is 1. The third-order valence-electron chi connectivity index (χ3n) is 2.68. The second kappa shape index (κ2) is 5.70. The molecule has 0 fully saturated rings. The Morgan fingerprint density at radius 1 is 1.22 bits per heavy atom. The summed E-state index contributed by atoms with van der Waals surface area (Å²) >= 11 is 0. The van der Waals surface area contributed by atoms with Gasteiger partial charge in [0.25, 0.3) is 11.8 Å². The van der Waals surface area contributed by atoms with Crippen LogP contribution in [0.4, 0.5) is 0 Å². The highest BCUT2D eigenvalue weighted by Gasteiger charge is 2.34. The van der Waals surface area contributed by atoms with Gasteiger partial charge in [-0.1, -0.05) is 0 Å². The minimum absolute atomic E-state index is 0.0291. The summed E-state index contributed by atoms with van der Waals surface area (Å²) in [6.07, 6.45) is 3.47. The lowest BCUT2D eigenvalue weighted by Crippen LogP contribution is -2.31. The van der Waals surface area contributed by atoms with Gasteiger partial charge in [-0.3, -0.25) is 19.5 Å².